The van der Waals surface area contributed by atoms with Crippen LogP contribution in [0.5, 0.6) is 5.75 Å². The van der Waals surface area contributed by atoms with Crippen molar-refractivity contribution in [2.24, 2.45) is 0 Å². The first-order chi connectivity index (χ1) is 18.2. The van der Waals surface area contributed by atoms with Crippen molar-refractivity contribution in [3.63, 3.8) is 0 Å². The largest absolute Gasteiger partial charge is 0.497 e. The van der Waals surface area contributed by atoms with Gasteiger partial charge in [-0.15, -0.1) is 0 Å². The molecule has 0 atom stereocenters. The Bertz CT molecular complexity index is 1440. The van der Waals surface area contributed by atoms with E-state index in [0.717, 1.165) is 30.0 Å². The average Bonchev–Trinajstić information content (AvgIpc) is 3.41. The Morgan fingerprint density at radius 1 is 0.868 bits per heavy atom. The third kappa shape index (κ3) is 6.98. The molecular formula is C27H31N3O6S2. The summed E-state index contributed by atoms with van der Waals surface area (Å²) in [6.45, 7) is -0.510. The summed E-state index contributed by atoms with van der Waals surface area (Å²) in [7, 11) is -6.40. The third-order valence-corrected chi connectivity index (χ3v) is 9.69. The van der Waals surface area contributed by atoms with Crippen molar-refractivity contribution in [2.75, 3.05) is 19.0 Å². The van der Waals surface area contributed by atoms with Crippen LogP contribution in [-0.2, 0) is 31.4 Å². The molecule has 38 heavy (non-hydrogen) atoms. The van der Waals surface area contributed by atoms with Gasteiger partial charge >= 0.3 is 0 Å². The Morgan fingerprint density at radius 3 is 2.08 bits per heavy atom. The smallest absolute Gasteiger partial charge is 0.243 e. The van der Waals surface area contributed by atoms with E-state index >= 15 is 0 Å². The van der Waals surface area contributed by atoms with E-state index in [1.54, 1.807) is 48.5 Å². The zero-order valence-corrected chi connectivity index (χ0v) is 22.7. The summed E-state index contributed by atoms with van der Waals surface area (Å²) in [4.78, 5) is 12.7. The Labute approximate surface area is 223 Å². The number of hydrogen-bond acceptors (Lipinski definition) is 6. The van der Waals surface area contributed by atoms with E-state index in [2.05, 4.69) is 10.0 Å². The minimum atomic E-state index is -4.16. The summed E-state index contributed by atoms with van der Waals surface area (Å²) < 4.78 is 61.7. The van der Waals surface area contributed by atoms with Crippen molar-refractivity contribution in [1.29, 1.82) is 0 Å². The van der Waals surface area contributed by atoms with Gasteiger partial charge in [0.05, 0.1) is 23.4 Å². The third-order valence-electron chi connectivity index (χ3n) is 6.34. The van der Waals surface area contributed by atoms with Gasteiger partial charge in [0.15, 0.2) is 0 Å². The number of benzene rings is 3. The van der Waals surface area contributed by atoms with Crippen molar-refractivity contribution >= 4 is 31.6 Å². The van der Waals surface area contributed by atoms with E-state index in [0.29, 0.717) is 17.0 Å². The lowest BCUT2D eigenvalue weighted by Crippen LogP contribution is -2.37. The molecule has 9 nitrogen and oxygen atoms in total. The monoisotopic (exact) mass is 557 g/mol. The molecule has 0 saturated heterocycles. The van der Waals surface area contributed by atoms with Crippen molar-refractivity contribution in [3.05, 3.63) is 84.4 Å². The van der Waals surface area contributed by atoms with Gasteiger partial charge in [-0.1, -0.05) is 43.2 Å². The van der Waals surface area contributed by atoms with E-state index < -0.39 is 32.5 Å². The fourth-order valence-corrected chi connectivity index (χ4v) is 7.00. The number of rotatable bonds is 11. The molecule has 0 aliphatic heterocycles. The van der Waals surface area contributed by atoms with Gasteiger partial charge in [0.25, 0.3) is 0 Å². The highest BCUT2D eigenvalue weighted by Gasteiger charge is 2.28. The number of methoxy groups -OCH3 is 1. The molecular weight excluding hydrogens is 526 g/mol. The highest BCUT2D eigenvalue weighted by atomic mass is 32.2. The van der Waals surface area contributed by atoms with E-state index in [1.165, 1.54) is 31.4 Å². The molecule has 0 aromatic heterocycles. The van der Waals surface area contributed by atoms with Crippen LogP contribution in [0.4, 0.5) is 5.69 Å². The van der Waals surface area contributed by atoms with Crippen LogP contribution in [0.2, 0.25) is 0 Å². The lowest BCUT2D eigenvalue weighted by Gasteiger charge is -2.22. The fourth-order valence-electron chi connectivity index (χ4n) is 4.31. The normalized spacial score (nSPS) is 14.5. The molecule has 1 fully saturated rings. The molecule has 0 bridgehead atoms. The number of ether oxygens (including phenoxy) is 1. The molecule has 11 heteroatoms. The Balaban J connectivity index is 1.57. The van der Waals surface area contributed by atoms with Gasteiger partial charge < -0.3 is 10.1 Å². The first-order valence-electron chi connectivity index (χ1n) is 12.3. The number of nitrogens with one attached hydrogen (secondary N) is 2. The number of carbonyl (C=O) groups excluding carboxylic acids is 1. The van der Waals surface area contributed by atoms with Crippen molar-refractivity contribution < 1.29 is 26.4 Å². The summed E-state index contributed by atoms with van der Waals surface area (Å²) in [5, 5.41) is 2.71. The zero-order chi connectivity index (χ0) is 27.2. The van der Waals surface area contributed by atoms with Gasteiger partial charge in [0.2, 0.25) is 26.0 Å². The number of hydrogen-bond donors (Lipinski definition) is 2. The Kier molecular flexibility index (Phi) is 8.83. The van der Waals surface area contributed by atoms with Gasteiger partial charge in [-0.2, -0.15) is 4.31 Å². The first-order valence-corrected chi connectivity index (χ1v) is 15.2. The maximum Gasteiger partial charge on any atom is 0.243 e. The summed E-state index contributed by atoms with van der Waals surface area (Å²) in [5.41, 5.74) is 1.20. The number of amides is 1. The van der Waals surface area contributed by atoms with Crippen LogP contribution in [0.1, 0.15) is 31.2 Å². The molecule has 1 aliphatic rings. The molecule has 0 radical (unpaired) electrons. The predicted octanol–water partition coefficient (Wildman–Crippen LogP) is 3.75. The summed E-state index contributed by atoms with van der Waals surface area (Å²) in [5.74, 6) is 0.112. The van der Waals surface area contributed by atoms with E-state index in [1.807, 2.05) is 6.07 Å². The SMILES string of the molecule is COc1ccc(CN(CC(=O)Nc2ccccc2)S(=O)(=O)c2ccc(S(=O)(=O)NC3CCCC3)cc2)cc1. The van der Waals surface area contributed by atoms with Gasteiger partial charge in [-0.3, -0.25) is 4.79 Å². The number of sulfonamides is 2. The minimum absolute atomic E-state index is 0.00752. The molecule has 3 aromatic carbocycles. The molecule has 0 unspecified atom stereocenters. The second-order valence-corrected chi connectivity index (χ2v) is 12.8. The molecule has 3 aromatic rings. The highest BCUT2D eigenvalue weighted by molar-refractivity contribution is 7.89. The molecule has 0 heterocycles. The van der Waals surface area contributed by atoms with Crippen LogP contribution in [0.3, 0.4) is 0 Å². The molecule has 1 aliphatic carbocycles. The average molecular weight is 558 g/mol. The van der Waals surface area contributed by atoms with Crippen molar-refractivity contribution in [1.82, 2.24) is 9.03 Å². The summed E-state index contributed by atoms with van der Waals surface area (Å²) in [6, 6.07) is 20.6. The quantitative estimate of drug-likeness (QED) is 0.370. The number of anilines is 1. The highest BCUT2D eigenvalue weighted by Crippen LogP contribution is 2.24. The molecule has 0 spiro atoms. The standard InChI is InChI=1S/C27H31N3O6S2/c1-36-24-13-11-21(12-14-24)19-30(20-27(31)28-22-7-3-2-4-8-22)38(34,35)26-17-15-25(16-18-26)37(32,33)29-23-9-5-6-10-23/h2-4,7-8,11-18,23,29H,5-6,9-10,19-20H2,1H3,(H,28,31). The van der Waals surface area contributed by atoms with Crippen LogP contribution >= 0.6 is 0 Å². The topological polar surface area (TPSA) is 122 Å². The van der Waals surface area contributed by atoms with Gasteiger partial charge in [-0.05, 0) is 66.9 Å². The first kappa shape index (κ1) is 27.8. The van der Waals surface area contributed by atoms with Crippen LogP contribution in [0.15, 0.2) is 88.7 Å². The van der Waals surface area contributed by atoms with Crippen LogP contribution in [-0.4, -0.2) is 46.7 Å². The lowest BCUT2D eigenvalue weighted by molar-refractivity contribution is -0.116. The maximum atomic E-state index is 13.6. The van der Waals surface area contributed by atoms with E-state index in [-0.39, 0.29) is 22.4 Å². The Morgan fingerprint density at radius 2 is 1.47 bits per heavy atom. The molecule has 2 N–H and O–H groups in total. The van der Waals surface area contributed by atoms with Gasteiger partial charge in [0.1, 0.15) is 5.75 Å². The van der Waals surface area contributed by atoms with Crippen molar-refractivity contribution in [3.8, 4) is 5.75 Å². The van der Waals surface area contributed by atoms with Crippen LogP contribution in [0.25, 0.3) is 0 Å². The molecule has 1 amide bonds. The number of carbonyl (C=O) groups is 1. The summed E-state index contributed by atoms with van der Waals surface area (Å²) in [6.07, 6.45) is 3.53. The van der Waals surface area contributed by atoms with E-state index in [4.69, 9.17) is 4.74 Å². The minimum Gasteiger partial charge on any atom is -0.497 e. The lowest BCUT2D eigenvalue weighted by atomic mass is 10.2. The predicted molar refractivity (Wildman–Crippen MR) is 145 cm³/mol. The van der Waals surface area contributed by atoms with Crippen molar-refractivity contribution in [2.45, 2.75) is 48.1 Å². The van der Waals surface area contributed by atoms with Gasteiger partial charge in [0, 0.05) is 18.3 Å². The second-order valence-electron chi connectivity index (χ2n) is 9.11. The number of nitrogens with zero attached hydrogens (tertiary/aromatic N) is 1. The summed E-state index contributed by atoms with van der Waals surface area (Å²) >= 11 is 0. The van der Waals surface area contributed by atoms with E-state index in [9.17, 15) is 21.6 Å². The number of para-hydroxylation sites is 1. The maximum absolute atomic E-state index is 13.6. The van der Waals surface area contributed by atoms with Crippen LogP contribution in [0, 0.1) is 0 Å². The molecule has 4 rings (SSSR count). The second kappa shape index (κ2) is 12.1. The fraction of sp³-hybridized carbons (Fsp3) is 0.296. The molecule has 202 valence electrons. The zero-order valence-electron chi connectivity index (χ0n) is 21.0. The Hall–Kier alpha value is -3.25. The molecule has 1 saturated carbocycles. The van der Waals surface area contributed by atoms with Crippen LogP contribution < -0.4 is 14.8 Å². The van der Waals surface area contributed by atoms with Gasteiger partial charge in [-0.25, -0.2) is 21.6 Å².